The summed E-state index contributed by atoms with van der Waals surface area (Å²) in [6.45, 7) is 2.38. The summed E-state index contributed by atoms with van der Waals surface area (Å²) in [4.78, 5) is 0. The summed E-state index contributed by atoms with van der Waals surface area (Å²) in [6, 6.07) is 12.9. The number of para-hydroxylation sites is 1. The van der Waals surface area contributed by atoms with Crippen molar-refractivity contribution in [3.63, 3.8) is 0 Å². The predicted octanol–water partition coefficient (Wildman–Crippen LogP) is 3.69. The summed E-state index contributed by atoms with van der Waals surface area (Å²) in [6.07, 6.45) is 0. The normalized spacial score (nSPS) is 12.0. The Morgan fingerprint density at radius 2 is 1.90 bits per heavy atom. The van der Waals surface area contributed by atoms with Gasteiger partial charge in [-0.15, -0.1) is 0 Å². The lowest BCUT2D eigenvalue weighted by Gasteiger charge is -2.16. The van der Waals surface area contributed by atoms with Gasteiger partial charge in [0.2, 0.25) is 0 Å². The Balaban J connectivity index is 2.11. The molecule has 0 spiro atoms. The molecule has 1 atom stereocenters. The zero-order valence-electron chi connectivity index (χ0n) is 12.5. The number of hydrogen-bond donors (Lipinski definition) is 1. The maximum absolute atomic E-state index is 13.6. The second-order valence-corrected chi connectivity index (χ2v) is 4.81. The van der Waals surface area contributed by atoms with Gasteiger partial charge in [0.15, 0.2) is 11.6 Å². The number of halogens is 1. The van der Waals surface area contributed by atoms with E-state index in [0.717, 1.165) is 16.9 Å². The summed E-state index contributed by atoms with van der Waals surface area (Å²) >= 11 is 0. The van der Waals surface area contributed by atoms with Crippen molar-refractivity contribution in [2.24, 2.45) is 0 Å². The first-order valence-corrected chi connectivity index (χ1v) is 6.87. The largest absolute Gasteiger partial charge is 0.494 e. The van der Waals surface area contributed by atoms with Gasteiger partial charge in [-0.1, -0.05) is 24.3 Å². The number of benzene rings is 2. The van der Waals surface area contributed by atoms with E-state index in [4.69, 9.17) is 9.47 Å². The molecule has 0 radical (unpaired) electrons. The number of ether oxygens (including phenoxy) is 2. The molecular formula is C17H20FNO2. The van der Waals surface area contributed by atoms with Crippen LogP contribution in [0.4, 0.5) is 4.39 Å². The summed E-state index contributed by atoms with van der Waals surface area (Å²) in [7, 11) is 3.35. The van der Waals surface area contributed by atoms with Crippen LogP contribution in [-0.2, 0) is 6.61 Å². The minimum atomic E-state index is -0.379. The molecule has 0 aliphatic rings. The highest BCUT2D eigenvalue weighted by Gasteiger charge is 2.10. The molecule has 2 rings (SSSR count). The SMILES string of the molecule is CNC(C)c1ccccc1OCc1ccc(OC)c(F)c1. The first-order chi connectivity index (χ1) is 10.2. The fraction of sp³-hybridized carbons (Fsp3) is 0.294. The van der Waals surface area contributed by atoms with Crippen LogP contribution in [0.1, 0.15) is 24.1 Å². The topological polar surface area (TPSA) is 30.5 Å². The third kappa shape index (κ3) is 3.73. The summed E-state index contributed by atoms with van der Waals surface area (Å²) in [5.74, 6) is 0.661. The molecule has 112 valence electrons. The van der Waals surface area contributed by atoms with Crippen molar-refractivity contribution in [1.82, 2.24) is 5.32 Å². The standard InChI is InChI=1S/C17H20FNO2/c1-12(19-2)14-6-4-5-7-16(14)21-11-13-8-9-17(20-3)15(18)10-13/h4-10,12,19H,11H2,1-3H3. The number of rotatable bonds is 6. The van der Waals surface area contributed by atoms with Gasteiger partial charge in [0, 0.05) is 11.6 Å². The van der Waals surface area contributed by atoms with E-state index in [1.54, 1.807) is 12.1 Å². The average molecular weight is 289 g/mol. The Labute approximate surface area is 124 Å². The van der Waals surface area contributed by atoms with Gasteiger partial charge in [-0.25, -0.2) is 4.39 Å². The second kappa shape index (κ2) is 7.09. The van der Waals surface area contributed by atoms with Crippen molar-refractivity contribution in [3.8, 4) is 11.5 Å². The third-order valence-electron chi connectivity index (χ3n) is 3.43. The van der Waals surface area contributed by atoms with Crippen LogP contribution in [0.2, 0.25) is 0 Å². The lowest BCUT2D eigenvalue weighted by Crippen LogP contribution is -2.13. The minimum absolute atomic E-state index is 0.189. The lowest BCUT2D eigenvalue weighted by molar-refractivity contribution is 0.299. The van der Waals surface area contributed by atoms with E-state index in [1.165, 1.54) is 13.2 Å². The molecule has 21 heavy (non-hydrogen) atoms. The molecule has 0 fully saturated rings. The molecule has 2 aromatic rings. The molecule has 3 nitrogen and oxygen atoms in total. The fourth-order valence-electron chi connectivity index (χ4n) is 2.09. The van der Waals surface area contributed by atoms with E-state index in [2.05, 4.69) is 12.2 Å². The van der Waals surface area contributed by atoms with Crippen molar-refractivity contribution in [1.29, 1.82) is 0 Å². The Hall–Kier alpha value is -2.07. The van der Waals surface area contributed by atoms with Gasteiger partial charge < -0.3 is 14.8 Å². The van der Waals surface area contributed by atoms with Crippen molar-refractivity contribution in [2.75, 3.05) is 14.2 Å². The molecule has 0 amide bonds. The van der Waals surface area contributed by atoms with Gasteiger partial charge >= 0.3 is 0 Å². The molecular weight excluding hydrogens is 269 g/mol. The highest BCUT2D eigenvalue weighted by Crippen LogP contribution is 2.26. The fourth-order valence-corrected chi connectivity index (χ4v) is 2.09. The number of hydrogen-bond acceptors (Lipinski definition) is 3. The van der Waals surface area contributed by atoms with Crippen LogP contribution in [0.5, 0.6) is 11.5 Å². The van der Waals surface area contributed by atoms with Gasteiger partial charge in [0.05, 0.1) is 7.11 Å². The quantitative estimate of drug-likeness (QED) is 0.879. The highest BCUT2D eigenvalue weighted by molar-refractivity contribution is 5.36. The van der Waals surface area contributed by atoms with Crippen molar-refractivity contribution >= 4 is 0 Å². The van der Waals surface area contributed by atoms with Crippen LogP contribution in [-0.4, -0.2) is 14.2 Å². The van der Waals surface area contributed by atoms with Crippen LogP contribution in [0.15, 0.2) is 42.5 Å². The van der Waals surface area contributed by atoms with Crippen molar-refractivity contribution < 1.29 is 13.9 Å². The zero-order chi connectivity index (χ0) is 15.2. The molecule has 0 aliphatic carbocycles. The van der Waals surface area contributed by atoms with E-state index in [1.807, 2.05) is 31.3 Å². The van der Waals surface area contributed by atoms with Gasteiger partial charge in [0.25, 0.3) is 0 Å². The second-order valence-electron chi connectivity index (χ2n) is 4.81. The summed E-state index contributed by atoms with van der Waals surface area (Å²) in [5, 5.41) is 3.19. The molecule has 0 aliphatic heterocycles. The molecule has 1 N–H and O–H groups in total. The highest BCUT2D eigenvalue weighted by atomic mass is 19.1. The predicted molar refractivity (Wildman–Crippen MR) is 81.2 cm³/mol. The van der Waals surface area contributed by atoms with Gasteiger partial charge in [-0.2, -0.15) is 0 Å². The molecule has 4 heteroatoms. The first-order valence-electron chi connectivity index (χ1n) is 6.87. The Kier molecular flexibility index (Phi) is 5.17. The number of nitrogens with one attached hydrogen (secondary N) is 1. The first kappa shape index (κ1) is 15.3. The molecule has 0 aromatic heterocycles. The van der Waals surface area contributed by atoms with E-state index < -0.39 is 0 Å². The van der Waals surface area contributed by atoms with Crippen LogP contribution < -0.4 is 14.8 Å². The molecule has 1 unspecified atom stereocenters. The molecule has 2 aromatic carbocycles. The van der Waals surface area contributed by atoms with Gasteiger partial charge in [-0.05, 0) is 37.7 Å². The molecule has 0 saturated heterocycles. The maximum atomic E-state index is 13.6. The number of methoxy groups -OCH3 is 1. The lowest BCUT2D eigenvalue weighted by atomic mass is 10.1. The van der Waals surface area contributed by atoms with Gasteiger partial charge in [0.1, 0.15) is 12.4 Å². The van der Waals surface area contributed by atoms with Gasteiger partial charge in [-0.3, -0.25) is 0 Å². The summed E-state index contributed by atoms with van der Waals surface area (Å²) < 4.78 is 24.4. The molecule has 0 heterocycles. The van der Waals surface area contributed by atoms with Crippen molar-refractivity contribution in [3.05, 3.63) is 59.4 Å². The molecule has 0 bridgehead atoms. The van der Waals surface area contributed by atoms with Crippen LogP contribution >= 0.6 is 0 Å². The zero-order valence-corrected chi connectivity index (χ0v) is 12.5. The Bertz CT molecular complexity index is 601. The van der Waals surface area contributed by atoms with Crippen LogP contribution in [0.25, 0.3) is 0 Å². The third-order valence-corrected chi connectivity index (χ3v) is 3.43. The van der Waals surface area contributed by atoms with E-state index in [9.17, 15) is 4.39 Å². The smallest absolute Gasteiger partial charge is 0.165 e. The van der Waals surface area contributed by atoms with E-state index >= 15 is 0 Å². The molecule has 0 saturated carbocycles. The maximum Gasteiger partial charge on any atom is 0.165 e. The van der Waals surface area contributed by atoms with E-state index in [0.29, 0.717) is 6.61 Å². The minimum Gasteiger partial charge on any atom is -0.494 e. The van der Waals surface area contributed by atoms with E-state index in [-0.39, 0.29) is 17.6 Å². The summed E-state index contributed by atoms with van der Waals surface area (Å²) in [5.41, 5.74) is 1.84. The Morgan fingerprint density at radius 3 is 2.57 bits per heavy atom. The van der Waals surface area contributed by atoms with Crippen LogP contribution in [0, 0.1) is 5.82 Å². The van der Waals surface area contributed by atoms with Crippen molar-refractivity contribution in [2.45, 2.75) is 19.6 Å². The average Bonchev–Trinajstić information content (AvgIpc) is 2.52. The van der Waals surface area contributed by atoms with Crippen LogP contribution in [0.3, 0.4) is 0 Å². The monoisotopic (exact) mass is 289 g/mol. The Morgan fingerprint density at radius 1 is 1.14 bits per heavy atom.